The number of hydrogen-bond donors (Lipinski definition) is 0. The SMILES string of the molecule is c1ccc(-c2nc3cc(-c4c5ccccc5c(-c5cccc6cccnc56)c5ccccc45)ccc3c3c2ccc2ccccc23)cc1. The molecule has 0 aliphatic heterocycles. The summed E-state index contributed by atoms with van der Waals surface area (Å²) in [5.74, 6) is 0. The molecule has 0 N–H and O–H groups in total. The van der Waals surface area contributed by atoms with Crippen LogP contribution in [-0.4, -0.2) is 9.97 Å². The fraction of sp³-hybridized carbons (Fsp3) is 0. The molecule has 2 aromatic heterocycles. The zero-order valence-electron chi connectivity index (χ0n) is 26.1. The van der Waals surface area contributed by atoms with Gasteiger partial charge >= 0.3 is 0 Å². The Morgan fingerprint density at radius 1 is 0.375 bits per heavy atom. The first-order chi connectivity index (χ1) is 23.8. The van der Waals surface area contributed by atoms with Crippen LogP contribution in [0.15, 0.2) is 170 Å². The monoisotopic (exact) mass is 608 g/mol. The fourth-order valence-corrected chi connectivity index (χ4v) is 7.78. The van der Waals surface area contributed by atoms with E-state index in [0.29, 0.717) is 0 Å². The van der Waals surface area contributed by atoms with Gasteiger partial charge in [0, 0.05) is 38.9 Å². The summed E-state index contributed by atoms with van der Waals surface area (Å²) in [5.41, 5.74) is 8.89. The van der Waals surface area contributed by atoms with Crippen LogP contribution in [0.3, 0.4) is 0 Å². The minimum atomic E-state index is 0.991. The number of para-hydroxylation sites is 1. The Labute approximate surface area is 277 Å². The van der Waals surface area contributed by atoms with Crippen LogP contribution < -0.4 is 0 Å². The zero-order valence-corrected chi connectivity index (χ0v) is 26.1. The van der Waals surface area contributed by atoms with Gasteiger partial charge in [0.05, 0.1) is 16.7 Å². The summed E-state index contributed by atoms with van der Waals surface area (Å²) in [5, 5.41) is 12.1. The molecule has 0 saturated heterocycles. The second-order valence-corrected chi connectivity index (χ2v) is 12.5. The van der Waals surface area contributed by atoms with Crippen LogP contribution in [0.25, 0.3) is 98.4 Å². The number of benzene rings is 8. The lowest BCUT2D eigenvalue weighted by molar-refractivity contribution is 1.41. The molecule has 2 heteroatoms. The van der Waals surface area contributed by atoms with Crippen molar-refractivity contribution in [2.24, 2.45) is 0 Å². The van der Waals surface area contributed by atoms with Gasteiger partial charge in [-0.25, -0.2) is 4.98 Å². The van der Waals surface area contributed by atoms with Gasteiger partial charge in [-0.3, -0.25) is 4.98 Å². The fourth-order valence-electron chi connectivity index (χ4n) is 7.78. The third kappa shape index (κ3) is 4.00. The molecule has 48 heavy (non-hydrogen) atoms. The lowest BCUT2D eigenvalue weighted by atomic mass is 9.85. The molecule has 0 amide bonds. The van der Waals surface area contributed by atoms with E-state index in [-0.39, 0.29) is 0 Å². The Kier molecular flexibility index (Phi) is 5.91. The van der Waals surface area contributed by atoms with Gasteiger partial charge in [0.15, 0.2) is 0 Å². The average Bonchev–Trinajstić information content (AvgIpc) is 3.16. The Morgan fingerprint density at radius 3 is 1.77 bits per heavy atom. The largest absolute Gasteiger partial charge is 0.256 e. The normalized spacial score (nSPS) is 11.8. The van der Waals surface area contributed by atoms with E-state index in [4.69, 9.17) is 9.97 Å². The Balaban J connectivity index is 1.32. The highest BCUT2D eigenvalue weighted by Crippen LogP contribution is 2.46. The van der Waals surface area contributed by atoms with Crippen LogP contribution >= 0.6 is 0 Å². The second kappa shape index (κ2) is 10.6. The standard InChI is InChI=1S/C46H28N2/c1-2-13-31(14-3-1)46-40-26-23-29-12-4-5-17-33(29)43(40)38-25-24-32(28-41(38)48-46)42-34-18-6-8-20-36(34)44(37-21-9-7-19-35(37)42)39-22-10-15-30-16-11-27-47-45(30)39/h1-28H. The summed E-state index contributed by atoms with van der Waals surface area (Å²) in [6.07, 6.45) is 1.89. The van der Waals surface area contributed by atoms with Crippen LogP contribution in [-0.2, 0) is 0 Å². The topological polar surface area (TPSA) is 25.8 Å². The van der Waals surface area contributed by atoms with Gasteiger partial charge < -0.3 is 0 Å². The molecule has 0 aliphatic carbocycles. The third-order valence-electron chi connectivity index (χ3n) is 9.85. The van der Waals surface area contributed by atoms with Crippen molar-refractivity contribution in [2.75, 3.05) is 0 Å². The van der Waals surface area contributed by atoms with Crippen LogP contribution in [0.4, 0.5) is 0 Å². The Hall–Kier alpha value is -6.38. The number of pyridine rings is 2. The Morgan fingerprint density at radius 2 is 1.00 bits per heavy atom. The molecule has 0 unspecified atom stereocenters. The first-order valence-corrected chi connectivity index (χ1v) is 16.4. The van der Waals surface area contributed by atoms with Crippen molar-refractivity contribution >= 4 is 64.9 Å². The maximum Gasteiger partial charge on any atom is 0.0788 e. The van der Waals surface area contributed by atoms with Crippen molar-refractivity contribution in [1.82, 2.24) is 9.97 Å². The number of hydrogen-bond acceptors (Lipinski definition) is 2. The maximum absolute atomic E-state index is 5.42. The first kappa shape index (κ1) is 26.8. The lowest BCUT2D eigenvalue weighted by Crippen LogP contribution is -1.94. The molecule has 8 aromatic carbocycles. The predicted molar refractivity (Wildman–Crippen MR) is 203 cm³/mol. The second-order valence-electron chi connectivity index (χ2n) is 12.5. The van der Waals surface area contributed by atoms with E-state index in [0.717, 1.165) is 44.2 Å². The highest BCUT2D eigenvalue weighted by atomic mass is 14.7. The molecule has 0 saturated carbocycles. The van der Waals surface area contributed by atoms with Crippen LogP contribution in [0, 0.1) is 0 Å². The molecule has 2 heterocycles. The van der Waals surface area contributed by atoms with E-state index in [1.54, 1.807) is 0 Å². The van der Waals surface area contributed by atoms with Crippen molar-refractivity contribution in [3.63, 3.8) is 0 Å². The molecular formula is C46H28N2. The van der Waals surface area contributed by atoms with Crippen LogP contribution in [0.2, 0.25) is 0 Å². The average molecular weight is 609 g/mol. The highest BCUT2D eigenvalue weighted by Gasteiger charge is 2.20. The van der Waals surface area contributed by atoms with Crippen LogP contribution in [0.1, 0.15) is 0 Å². The first-order valence-electron chi connectivity index (χ1n) is 16.4. The predicted octanol–water partition coefficient (Wildman–Crippen LogP) is 12.4. The number of fused-ring (bicyclic) bond motifs is 8. The van der Waals surface area contributed by atoms with E-state index < -0.39 is 0 Å². The van der Waals surface area contributed by atoms with E-state index >= 15 is 0 Å². The summed E-state index contributed by atoms with van der Waals surface area (Å²) >= 11 is 0. The minimum absolute atomic E-state index is 0.991. The van der Waals surface area contributed by atoms with Gasteiger partial charge in [-0.15, -0.1) is 0 Å². The van der Waals surface area contributed by atoms with E-state index in [9.17, 15) is 0 Å². The van der Waals surface area contributed by atoms with E-state index in [2.05, 4.69) is 158 Å². The number of rotatable bonds is 3. The molecule has 2 nitrogen and oxygen atoms in total. The van der Waals surface area contributed by atoms with Gasteiger partial charge in [0.2, 0.25) is 0 Å². The van der Waals surface area contributed by atoms with E-state index in [1.165, 1.54) is 54.2 Å². The molecular weight excluding hydrogens is 581 g/mol. The number of nitrogens with zero attached hydrogens (tertiary/aromatic N) is 2. The molecule has 10 rings (SSSR count). The summed E-state index contributed by atoms with van der Waals surface area (Å²) < 4.78 is 0. The van der Waals surface area contributed by atoms with E-state index in [1.807, 2.05) is 12.3 Å². The summed E-state index contributed by atoms with van der Waals surface area (Å²) in [6, 6.07) is 58.9. The minimum Gasteiger partial charge on any atom is -0.256 e. The molecule has 0 radical (unpaired) electrons. The Bertz CT molecular complexity index is 2830. The third-order valence-corrected chi connectivity index (χ3v) is 9.85. The molecule has 0 atom stereocenters. The summed E-state index contributed by atoms with van der Waals surface area (Å²) in [7, 11) is 0. The van der Waals surface area contributed by atoms with Gasteiger partial charge in [0.25, 0.3) is 0 Å². The highest BCUT2D eigenvalue weighted by molar-refractivity contribution is 6.25. The van der Waals surface area contributed by atoms with Crippen LogP contribution in [0.5, 0.6) is 0 Å². The van der Waals surface area contributed by atoms with Gasteiger partial charge in [0.1, 0.15) is 0 Å². The van der Waals surface area contributed by atoms with Crippen molar-refractivity contribution < 1.29 is 0 Å². The summed E-state index contributed by atoms with van der Waals surface area (Å²) in [4.78, 5) is 10.3. The molecule has 0 spiro atoms. The van der Waals surface area contributed by atoms with Crippen molar-refractivity contribution in [1.29, 1.82) is 0 Å². The smallest absolute Gasteiger partial charge is 0.0788 e. The number of aromatic nitrogens is 2. The molecule has 222 valence electrons. The van der Waals surface area contributed by atoms with Gasteiger partial charge in [-0.2, -0.15) is 0 Å². The quantitative estimate of drug-likeness (QED) is 0.147. The molecule has 0 bridgehead atoms. The van der Waals surface area contributed by atoms with Crippen molar-refractivity contribution in [3.8, 4) is 33.5 Å². The lowest BCUT2D eigenvalue weighted by Gasteiger charge is -2.19. The maximum atomic E-state index is 5.42. The van der Waals surface area contributed by atoms with Gasteiger partial charge in [-0.05, 0) is 61.1 Å². The molecule has 10 aromatic rings. The zero-order chi connectivity index (χ0) is 31.6. The van der Waals surface area contributed by atoms with Crippen molar-refractivity contribution in [2.45, 2.75) is 0 Å². The molecule has 0 fully saturated rings. The molecule has 0 aliphatic rings. The van der Waals surface area contributed by atoms with Gasteiger partial charge in [-0.1, -0.05) is 152 Å². The summed E-state index contributed by atoms with van der Waals surface area (Å²) in [6.45, 7) is 0. The van der Waals surface area contributed by atoms with Crippen molar-refractivity contribution in [3.05, 3.63) is 170 Å².